The molecule has 1 atom stereocenters. The standard InChI is InChI=1S/C13H12N4O6/c1-6(12(15)20)16-13(21)8(5-14)2-7-3-9(17(22)23)11(19)10(18)4-7/h2-4,6,18-19H,1H3,(H2,15,20)(H,16,21)/b8-2+/t6-/m0/s1. The van der Waals surface area contributed by atoms with Crippen molar-refractivity contribution in [1.29, 1.82) is 5.26 Å². The Hall–Kier alpha value is -3.61. The van der Waals surface area contributed by atoms with Crippen LogP contribution in [0.15, 0.2) is 17.7 Å². The summed E-state index contributed by atoms with van der Waals surface area (Å²) in [4.78, 5) is 32.5. The van der Waals surface area contributed by atoms with Crippen LogP contribution in [0.25, 0.3) is 6.08 Å². The van der Waals surface area contributed by atoms with Crippen LogP contribution >= 0.6 is 0 Å². The van der Waals surface area contributed by atoms with Gasteiger partial charge in [-0.3, -0.25) is 19.7 Å². The van der Waals surface area contributed by atoms with E-state index < -0.39 is 45.5 Å². The lowest BCUT2D eigenvalue weighted by Gasteiger charge is -2.09. The van der Waals surface area contributed by atoms with Gasteiger partial charge < -0.3 is 21.3 Å². The number of hydrogen-bond donors (Lipinski definition) is 4. The number of benzene rings is 1. The van der Waals surface area contributed by atoms with Crippen molar-refractivity contribution in [2.75, 3.05) is 0 Å². The molecule has 120 valence electrons. The molecule has 1 rings (SSSR count). The van der Waals surface area contributed by atoms with Crippen molar-refractivity contribution < 1.29 is 24.7 Å². The predicted molar refractivity (Wildman–Crippen MR) is 76.8 cm³/mol. The second-order valence-electron chi connectivity index (χ2n) is 4.43. The van der Waals surface area contributed by atoms with E-state index in [4.69, 9.17) is 11.0 Å². The number of nitrogens with zero attached hydrogens (tertiary/aromatic N) is 2. The molecule has 0 unspecified atom stereocenters. The number of nitro benzene ring substituents is 1. The number of primary amides is 1. The highest BCUT2D eigenvalue weighted by atomic mass is 16.6. The molecule has 1 aromatic rings. The summed E-state index contributed by atoms with van der Waals surface area (Å²) in [6, 6.07) is 2.34. The summed E-state index contributed by atoms with van der Waals surface area (Å²) in [5.74, 6) is -3.45. The maximum Gasteiger partial charge on any atom is 0.315 e. The van der Waals surface area contributed by atoms with Crippen LogP contribution in [0.2, 0.25) is 0 Å². The van der Waals surface area contributed by atoms with Gasteiger partial charge >= 0.3 is 5.69 Å². The normalized spacial score (nSPS) is 12.1. The van der Waals surface area contributed by atoms with E-state index in [1.54, 1.807) is 6.07 Å². The molecule has 10 nitrogen and oxygen atoms in total. The lowest BCUT2D eigenvalue weighted by atomic mass is 10.1. The van der Waals surface area contributed by atoms with Crippen LogP contribution in [-0.4, -0.2) is 33.0 Å². The van der Waals surface area contributed by atoms with Gasteiger partial charge in [-0.05, 0) is 24.6 Å². The van der Waals surface area contributed by atoms with Crippen LogP contribution < -0.4 is 11.1 Å². The number of carbonyl (C=O) groups is 2. The Kier molecular flexibility index (Phi) is 5.23. The summed E-state index contributed by atoms with van der Waals surface area (Å²) >= 11 is 0. The topological polar surface area (TPSA) is 180 Å². The van der Waals surface area contributed by atoms with Crippen LogP contribution in [0.5, 0.6) is 11.5 Å². The van der Waals surface area contributed by atoms with E-state index in [9.17, 15) is 29.9 Å². The fraction of sp³-hybridized carbons (Fsp3) is 0.154. The molecule has 0 aliphatic heterocycles. The third-order valence-electron chi connectivity index (χ3n) is 2.74. The Morgan fingerprint density at radius 1 is 1.48 bits per heavy atom. The number of nitrogens with one attached hydrogen (secondary N) is 1. The maximum atomic E-state index is 11.8. The summed E-state index contributed by atoms with van der Waals surface area (Å²) in [5, 5.41) is 40.7. The second-order valence-corrected chi connectivity index (χ2v) is 4.43. The second kappa shape index (κ2) is 6.90. The number of nitro groups is 1. The number of rotatable bonds is 5. The Morgan fingerprint density at radius 2 is 2.09 bits per heavy atom. The van der Waals surface area contributed by atoms with Gasteiger partial charge in [-0.15, -0.1) is 0 Å². The minimum atomic E-state index is -1.03. The fourth-order valence-corrected chi connectivity index (χ4v) is 1.51. The summed E-state index contributed by atoms with van der Waals surface area (Å²) in [7, 11) is 0. The Balaban J connectivity index is 3.22. The summed E-state index contributed by atoms with van der Waals surface area (Å²) in [5.41, 5.74) is 3.65. The lowest BCUT2D eigenvalue weighted by molar-refractivity contribution is -0.386. The fourth-order valence-electron chi connectivity index (χ4n) is 1.51. The van der Waals surface area contributed by atoms with E-state index in [-0.39, 0.29) is 5.56 Å². The molecule has 0 bridgehead atoms. The van der Waals surface area contributed by atoms with Gasteiger partial charge in [-0.1, -0.05) is 0 Å². The number of aromatic hydroxyl groups is 2. The van der Waals surface area contributed by atoms with Crippen molar-refractivity contribution in [3.63, 3.8) is 0 Å². The van der Waals surface area contributed by atoms with E-state index in [2.05, 4.69) is 5.32 Å². The van der Waals surface area contributed by atoms with E-state index in [1.165, 1.54) is 6.92 Å². The Labute approximate surface area is 129 Å². The zero-order valence-electron chi connectivity index (χ0n) is 11.8. The molecule has 0 fully saturated rings. The van der Waals surface area contributed by atoms with Gasteiger partial charge in [0, 0.05) is 6.07 Å². The minimum absolute atomic E-state index is 0.0644. The van der Waals surface area contributed by atoms with Gasteiger partial charge in [0.15, 0.2) is 5.75 Å². The van der Waals surface area contributed by atoms with Crippen molar-refractivity contribution in [1.82, 2.24) is 5.32 Å². The zero-order chi connectivity index (χ0) is 17.7. The summed E-state index contributed by atoms with van der Waals surface area (Å²) in [6.45, 7) is 1.31. The van der Waals surface area contributed by atoms with Crippen LogP contribution in [0, 0.1) is 21.4 Å². The minimum Gasteiger partial charge on any atom is -0.504 e. The maximum absolute atomic E-state index is 11.8. The molecule has 10 heteroatoms. The number of amides is 2. The van der Waals surface area contributed by atoms with Crippen molar-refractivity contribution in [2.24, 2.45) is 5.73 Å². The first kappa shape index (κ1) is 17.4. The number of phenols is 2. The molecule has 0 radical (unpaired) electrons. The molecule has 0 heterocycles. The zero-order valence-corrected chi connectivity index (χ0v) is 11.8. The predicted octanol–water partition coefficient (Wildman–Crippen LogP) is -0.0970. The van der Waals surface area contributed by atoms with Crippen molar-refractivity contribution in [3.8, 4) is 17.6 Å². The number of hydrogen-bond acceptors (Lipinski definition) is 7. The first-order chi connectivity index (χ1) is 10.7. The molecular weight excluding hydrogens is 308 g/mol. The molecule has 0 aliphatic rings. The molecule has 0 spiro atoms. The van der Waals surface area contributed by atoms with Gasteiger partial charge in [0.05, 0.1) is 4.92 Å². The summed E-state index contributed by atoms with van der Waals surface area (Å²) < 4.78 is 0. The molecule has 23 heavy (non-hydrogen) atoms. The highest BCUT2D eigenvalue weighted by molar-refractivity contribution is 6.03. The smallest absolute Gasteiger partial charge is 0.315 e. The van der Waals surface area contributed by atoms with Gasteiger partial charge in [-0.2, -0.15) is 5.26 Å². The largest absolute Gasteiger partial charge is 0.504 e. The lowest BCUT2D eigenvalue weighted by Crippen LogP contribution is -2.42. The highest BCUT2D eigenvalue weighted by Crippen LogP contribution is 2.36. The molecule has 2 amide bonds. The van der Waals surface area contributed by atoms with E-state index in [1.807, 2.05) is 0 Å². The van der Waals surface area contributed by atoms with Gasteiger partial charge in [-0.25, -0.2) is 0 Å². The van der Waals surface area contributed by atoms with Gasteiger partial charge in [0.2, 0.25) is 11.7 Å². The molecule has 5 N–H and O–H groups in total. The van der Waals surface area contributed by atoms with E-state index in [0.717, 1.165) is 18.2 Å². The van der Waals surface area contributed by atoms with Crippen LogP contribution in [0.3, 0.4) is 0 Å². The van der Waals surface area contributed by atoms with E-state index >= 15 is 0 Å². The molecule has 0 saturated carbocycles. The van der Waals surface area contributed by atoms with Crippen molar-refractivity contribution in [3.05, 3.63) is 33.4 Å². The van der Waals surface area contributed by atoms with Crippen LogP contribution in [0.4, 0.5) is 5.69 Å². The monoisotopic (exact) mass is 320 g/mol. The third kappa shape index (κ3) is 4.18. The average molecular weight is 320 g/mol. The molecular formula is C13H12N4O6. The molecule has 0 saturated heterocycles. The molecule has 1 aromatic carbocycles. The van der Waals surface area contributed by atoms with Crippen molar-refractivity contribution >= 4 is 23.6 Å². The van der Waals surface area contributed by atoms with Crippen LogP contribution in [0.1, 0.15) is 12.5 Å². The van der Waals surface area contributed by atoms with E-state index in [0.29, 0.717) is 0 Å². The first-order valence-corrected chi connectivity index (χ1v) is 6.09. The quantitative estimate of drug-likeness (QED) is 0.192. The highest BCUT2D eigenvalue weighted by Gasteiger charge is 2.20. The summed E-state index contributed by atoms with van der Waals surface area (Å²) in [6.07, 6.45) is 0.954. The number of carbonyl (C=O) groups excluding carboxylic acids is 2. The first-order valence-electron chi connectivity index (χ1n) is 6.09. The SMILES string of the molecule is C[C@H](NC(=O)/C(C#N)=C/c1cc(O)c(O)c([N+](=O)[O-])c1)C(N)=O. The van der Waals surface area contributed by atoms with Crippen LogP contribution in [-0.2, 0) is 9.59 Å². The molecule has 0 aliphatic carbocycles. The Bertz CT molecular complexity index is 750. The van der Waals surface area contributed by atoms with Crippen molar-refractivity contribution in [2.45, 2.75) is 13.0 Å². The number of nitrogens with two attached hydrogens (primary N) is 1. The Morgan fingerprint density at radius 3 is 2.57 bits per heavy atom. The molecule has 0 aromatic heterocycles. The average Bonchev–Trinajstić information content (AvgIpc) is 2.47. The third-order valence-corrected chi connectivity index (χ3v) is 2.74. The van der Waals surface area contributed by atoms with Gasteiger partial charge in [0.1, 0.15) is 17.7 Å². The number of nitriles is 1. The van der Waals surface area contributed by atoms with Gasteiger partial charge in [0.25, 0.3) is 5.91 Å². The number of phenolic OH excluding ortho intramolecular Hbond substituents is 2.